The Balaban J connectivity index is 0.00000784. The van der Waals surface area contributed by atoms with Crippen molar-refractivity contribution in [3.63, 3.8) is 0 Å². The number of carboxylic acid groups (broad SMARTS) is 3. The maximum absolute atomic E-state index is 11.6. The normalized spacial score (nSPS) is 10.4. The minimum atomic E-state index is -1.53. The van der Waals surface area contributed by atoms with Crippen LogP contribution in [0.3, 0.4) is 0 Å². The van der Waals surface area contributed by atoms with Gasteiger partial charge in [0, 0.05) is 0 Å². The van der Waals surface area contributed by atoms with Crippen molar-refractivity contribution < 1.29 is 29.7 Å². The number of carbonyl (C=O) groups is 3. The monoisotopic (exact) mass is 432 g/mol. The number of unbranched alkanes of at least 4 members (excludes halogenated alkanes) is 10. The molecule has 0 aliphatic heterocycles. The Kier molecular flexibility index (Phi) is 15.6. The molecule has 6 nitrogen and oxygen atoms in total. The van der Waals surface area contributed by atoms with Crippen molar-refractivity contribution in [2.75, 3.05) is 0 Å². The van der Waals surface area contributed by atoms with E-state index in [1.54, 1.807) is 0 Å². The van der Waals surface area contributed by atoms with E-state index in [0.29, 0.717) is 12.0 Å². The van der Waals surface area contributed by atoms with E-state index in [-0.39, 0.29) is 51.4 Å². The van der Waals surface area contributed by atoms with E-state index in [2.05, 4.69) is 6.92 Å². The molecule has 0 fully saturated rings. The van der Waals surface area contributed by atoms with Gasteiger partial charge in [-0.3, -0.25) is 0 Å². The second-order valence-electron chi connectivity index (χ2n) is 7.22. The molecule has 0 aliphatic rings. The topological polar surface area (TPSA) is 112 Å². The molecule has 0 spiro atoms. The van der Waals surface area contributed by atoms with Gasteiger partial charge in [0.25, 0.3) is 0 Å². The van der Waals surface area contributed by atoms with Crippen LogP contribution in [0, 0.1) is 0 Å². The Labute approximate surface area is 215 Å². The van der Waals surface area contributed by atoms with Crippen molar-refractivity contribution in [1.82, 2.24) is 0 Å². The summed E-state index contributed by atoms with van der Waals surface area (Å²) in [4.78, 5) is 34.2. The Morgan fingerprint density at radius 3 is 1.52 bits per heavy atom. The number of aryl methyl sites for hydroxylation is 1. The molecule has 0 amide bonds. The first-order chi connectivity index (χ1) is 13.4. The molecule has 1 rings (SSSR count). The number of rotatable bonds is 15. The molecule has 29 heavy (non-hydrogen) atoms. The Morgan fingerprint density at radius 2 is 1.10 bits per heavy atom. The predicted molar refractivity (Wildman–Crippen MR) is 115 cm³/mol. The van der Waals surface area contributed by atoms with Gasteiger partial charge in [-0.1, -0.05) is 77.2 Å². The van der Waals surface area contributed by atoms with Crippen molar-refractivity contribution in [1.29, 1.82) is 0 Å². The van der Waals surface area contributed by atoms with E-state index in [1.807, 2.05) is 0 Å². The molecule has 7 heteroatoms. The van der Waals surface area contributed by atoms with Gasteiger partial charge in [-0.2, -0.15) is 0 Å². The van der Waals surface area contributed by atoms with Crippen LogP contribution in [0.15, 0.2) is 12.1 Å². The fourth-order valence-corrected chi connectivity index (χ4v) is 3.48. The van der Waals surface area contributed by atoms with Gasteiger partial charge in [0.05, 0.1) is 16.7 Å². The molecule has 0 heterocycles. The first-order valence-electron chi connectivity index (χ1n) is 10.3. The van der Waals surface area contributed by atoms with Gasteiger partial charge < -0.3 is 15.3 Å². The van der Waals surface area contributed by atoms with Crippen molar-refractivity contribution in [3.05, 3.63) is 34.4 Å². The number of hydrogen-bond acceptors (Lipinski definition) is 3. The van der Waals surface area contributed by atoms with Gasteiger partial charge in [0.2, 0.25) is 0 Å². The van der Waals surface area contributed by atoms with Crippen LogP contribution < -0.4 is 0 Å². The summed E-state index contributed by atoms with van der Waals surface area (Å²) in [7, 11) is 0. The molecular weight excluding hydrogens is 399 g/mol. The van der Waals surface area contributed by atoms with Crippen molar-refractivity contribution in [2.24, 2.45) is 0 Å². The second kappa shape index (κ2) is 16.0. The number of hydrogen-bond donors (Lipinski definition) is 3. The molecule has 158 valence electrons. The number of carboxylic acids is 3. The maximum atomic E-state index is 11.6. The van der Waals surface area contributed by atoms with Crippen LogP contribution >= 0.6 is 0 Å². The summed E-state index contributed by atoms with van der Waals surface area (Å²) < 4.78 is 0. The van der Waals surface area contributed by atoms with Gasteiger partial charge >= 0.3 is 69.3 Å². The summed E-state index contributed by atoms with van der Waals surface area (Å²) in [6, 6.07) is 2.61. The number of benzene rings is 1. The summed E-state index contributed by atoms with van der Waals surface area (Å²) in [5.74, 6) is -4.38. The standard InChI is InChI=1S/C22H32O6.K.H/c1-2-3-4-5-6-7-8-9-10-11-12-13-16-14-15-17(20(23)24)19(22(27)28)18(16)21(25)26;;/h14-15H,2-13H2,1H3,(H,23,24)(H,25,26)(H,27,28);;. The zero-order chi connectivity index (χ0) is 20.9. The van der Waals surface area contributed by atoms with Gasteiger partial charge in [-0.05, 0) is 24.5 Å². The summed E-state index contributed by atoms with van der Waals surface area (Å²) in [5, 5.41) is 27.9. The molecule has 0 aromatic heterocycles. The molecule has 0 radical (unpaired) electrons. The van der Waals surface area contributed by atoms with Crippen LogP contribution in [0.2, 0.25) is 0 Å². The van der Waals surface area contributed by atoms with Gasteiger partial charge in [-0.15, -0.1) is 0 Å². The molecule has 1 aromatic rings. The van der Waals surface area contributed by atoms with E-state index >= 15 is 0 Å². The van der Waals surface area contributed by atoms with Crippen LogP contribution in [-0.2, 0) is 6.42 Å². The van der Waals surface area contributed by atoms with Gasteiger partial charge in [-0.25, -0.2) is 14.4 Å². The second-order valence-corrected chi connectivity index (χ2v) is 7.22. The van der Waals surface area contributed by atoms with E-state index in [1.165, 1.54) is 57.1 Å². The molecule has 0 aliphatic carbocycles. The van der Waals surface area contributed by atoms with Crippen LogP contribution in [-0.4, -0.2) is 84.6 Å². The van der Waals surface area contributed by atoms with E-state index in [9.17, 15) is 24.6 Å². The molecular formula is C22H33KO6. The SMILES string of the molecule is CCCCCCCCCCCCCc1ccc(C(=O)O)c(C(=O)O)c1C(=O)O.[KH]. The number of aromatic carboxylic acids is 3. The Hall–Kier alpha value is -0.734. The van der Waals surface area contributed by atoms with Gasteiger partial charge in [0.1, 0.15) is 0 Å². The fraction of sp³-hybridized carbons (Fsp3) is 0.591. The van der Waals surface area contributed by atoms with Gasteiger partial charge in [0.15, 0.2) is 0 Å². The first kappa shape index (κ1) is 28.3. The summed E-state index contributed by atoms with van der Waals surface area (Å²) in [6.45, 7) is 2.21. The summed E-state index contributed by atoms with van der Waals surface area (Å²) >= 11 is 0. The third kappa shape index (κ3) is 10.2. The van der Waals surface area contributed by atoms with Crippen LogP contribution in [0.5, 0.6) is 0 Å². The third-order valence-corrected chi connectivity index (χ3v) is 5.00. The molecule has 0 saturated carbocycles. The zero-order valence-corrected chi connectivity index (χ0v) is 16.7. The molecule has 0 saturated heterocycles. The Morgan fingerprint density at radius 1 is 0.655 bits per heavy atom. The molecule has 0 atom stereocenters. The molecule has 1 aromatic carbocycles. The van der Waals surface area contributed by atoms with E-state index < -0.39 is 34.6 Å². The Bertz CT molecular complexity index is 672. The van der Waals surface area contributed by atoms with E-state index in [4.69, 9.17) is 5.11 Å². The zero-order valence-electron chi connectivity index (χ0n) is 16.7. The van der Waals surface area contributed by atoms with Crippen molar-refractivity contribution >= 4 is 69.3 Å². The third-order valence-electron chi connectivity index (χ3n) is 5.00. The van der Waals surface area contributed by atoms with Crippen LogP contribution in [0.1, 0.15) is 114 Å². The average Bonchev–Trinajstić information content (AvgIpc) is 2.64. The van der Waals surface area contributed by atoms with Crippen LogP contribution in [0.4, 0.5) is 0 Å². The first-order valence-corrected chi connectivity index (χ1v) is 10.3. The molecule has 0 unspecified atom stereocenters. The van der Waals surface area contributed by atoms with Crippen molar-refractivity contribution in [2.45, 2.75) is 84.0 Å². The minimum absolute atomic E-state index is 0. The van der Waals surface area contributed by atoms with E-state index in [0.717, 1.165) is 25.7 Å². The summed E-state index contributed by atoms with van der Waals surface area (Å²) in [5.41, 5.74) is -1.15. The summed E-state index contributed by atoms with van der Waals surface area (Å²) in [6.07, 6.45) is 13.3. The average molecular weight is 433 g/mol. The quantitative estimate of drug-likeness (QED) is 0.266. The molecule has 3 N–H and O–H groups in total. The molecule has 0 bridgehead atoms. The fourth-order valence-electron chi connectivity index (χ4n) is 3.48. The van der Waals surface area contributed by atoms with Crippen molar-refractivity contribution in [3.8, 4) is 0 Å². The predicted octanol–water partition coefficient (Wildman–Crippen LogP) is 4.99. The van der Waals surface area contributed by atoms with Crippen LogP contribution in [0.25, 0.3) is 0 Å².